The standard InChI is InChI=1S/C13H19N3O3S/c1-9-6-12(14-2)11(7-15-9)13(17)16(3)10-4-5-20(18,19)8-10/h6-7,10H,4-5,8H2,1-3H3,(H,14,15). The number of sulfone groups is 1. The molecule has 0 spiro atoms. The number of carbonyl (C=O) groups is 1. The highest BCUT2D eigenvalue weighted by Crippen LogP contribution is 2.22. The molecule has 1 aliphatic heterocycles. The molecule has 1 amide bonds. The Kier molecular flexibility index (Phi) is 3.99. The molecule has 1 unspecified atom stereocenters. The average molecular weight is 297 g/mol. The molecule has 20 heavy (non-hydrogen) atoms. The molecular weight excluding hydrogens is 278 g/mol. The average Bonchev–Trinajstić information content (AvgIpc) is 2.77. The molecule has 1 aromatic rings. The summed E-state index contributed by atoms with van der Waals surface area (Å²) in [5, 5.41) is 2.97. The molecule has 0 aromatic carbocycles. The lowest BCUT2D eigenvalue weighted by atomic mass is 10.1. The first-order valence-corrected chi connectivity index (χ1v) is 8.28. The van der Waals surface area contributed by atoms with Crippen LogP contribution in [0.25, 0.3) is 0 Å². The molecule has 6 nitrogen and oxygen atoms in total. The van der Waals surface area contributed by atoms with Gasteiger partial charge in [-0.2, -0.15) is 0 Å². The maximum Gasteiger partial charge on any atom is 0.257 e. The van der Waals surface area contributed by atoms with E-state index in [1.54, 1.807) is 20.2 Å². The Morgan fingerprint density at radius 1 is 1.50 bits per heavy atom. The topological polar surface area (TPSA) is 79.4 Å². The first-order chi connectivity index (χ1) is 9.34. The number of hydrogen-bond donors (Lipinski definition) is 1. The summed E-state index contributed by atoms with van der Waals surface area (Å²) in [5.41, 5.74) is 1.98. The Labute approximate surface area is 119 Å². The van der Waals surface area contributed by atoms with Crippen molar-refractivity contribution in [2.24, 2.45) is 0 Å². The molecular formula is C13H19N3O3S. The summed E-state index contributed by atoms with van der Waals surface area (Å²) in [7, 11) is 0.384. The molecule has 2 heterocycles. The summed E-state index contributed by atoms with van der Waals surface area (Å²) >= 11 is 0. The van der Waals surface area contributed by atoms with Crippen LogP contribution in [0.4, 0.5) is 5.69 Å². The number of pyridine rings is 1. The second-order valence-electron chi connectivity index (χ2n) is 5.09. The Balaban J connectivity index is 2.23. The van der Waals surface area contributed by atoms with Crippen molar-refractivity contribution in [3.63, 3.8) is 0 Å². The monoisotopic (exact) mass is 297 g/mol. The van der Waals surface area contributed by atoms with Gasteiger partial charge in [0.1, 0.15) is 0 Å². The van der Waals surface area contributed by atoms with Crippen LogP contribution in [0, 0.1) is 6.92 Å². The molecule has 0 saturated carbocycles. The summed E-state index contributed by atoms with van der Waals surface area (Å²) in [6, 6.07) is 1.55. The molecule has 1 aromatic heterocycles. The zero-order valence-electron chi connectivity index (χ0n) is 11.9. The van der Waals surface area contributed by atoms with Gasteiger partial charge in [0.2, 0.25) is 0 Å². The third kappa shape index (κ3) is 2.92. The number of anilines is 1. The second kappa shape index (κ2) is 5.40. The van der Waals surface area contributed by atoms with Crippen LogP contribution in [0.5, 0.6) is 0 Å². The van der Waals surface area contributed by atoms with Gasteiger partial charge < -0.3 is 10.2 Å². The normalized spacial score (nSPS) is 20.6. The highest BCUT2D eigenvalue weighted by Gasteiger charge is 2.33. The lowest BCUT2D eigenvalue weighted by molar-refractivity contribution is 0.0748. The van der Waals surface area contributed by atoms with Gasteiger partial charge in [-0.25, -0.2) is 8.42 Å². The number of nitrogens with one attached hydrogen (secondary N) is 1. The van der Waals surface area contributed by atoms with Gasteiger partial charge in [-0.3, -0.25) is 9.78 Å². The van der Waals surface area contributed by atoms with Crippen LogP contribution >= 0.6 is 0 Å². The van der Waals surface area contributed by atoms with Crippen LogP contribution in [0.15, 0.2) is 12.3 Å². The molecule has 1 fully saturated rings. The van der Waals surface area contributed by atoms with E-state index < -0.39 is 9.84 Å². The van der Waals surface area contributed by atoms with Gasteiger partial charge in [-0.05, 0) is 19.4 Å². The molecule has 110 valence electrons. The molecule has 0 aliphatic carbocycles. The Hall–Kier alpha value is -1.63. The molecule has 7 heteroatoms. The third-order valence-electron chi connectivity index (χ3n) is 3.62. The molecule has 1 saturated heterocycles. The largest absolute Gasteiger partial charge is 0.387 e. The van der Waals surface area contributed by atoms with E-state index in [0.29, 0.717) is 17.7 Å². The fourth-order valence-electron chi connectivity index (χ4n) is 2.37. The molecule has 2 rings (SSSR count). The number of hydrogen-bond acceptors (Lipinski definition) is 5. The first kappa shape index (κ1) is 14.8. The van der Waals surface area contributed by atoms with E-state index in [1.807, 2.05) is 6.92 Å². The zero-order valence-corrected chi connectivity index (χ0v) is 12.7. The lowest BCUT2D eigenvalue weighted by Gasteiger charge is -2.24. The molecule has 0 radical (unpaired) electrons. The van der Waals surface area contributed by atoms with Crippen LogP contribution < -0.4 is 5.32 Å². The van der Waals surface area contributed by atoms with E-state index in [2.05, 4.69) is 10.3 Å². The minimum atomic E-state index is -3.00. The van der Waals surface area contributed by atoms with Gasteiger partial charge in [0.25, 0.3) is 5.91 Å². The second-order valence-corrected chi connectivity index (χ2v) is 7.32. The van der Waals surface area contributed by atoms with E-state index in [-0.39, 0.29) is 23.5 Å². The van der Waals surface area contributed by atoms with Gasteiger partial charge in [-0.1, -0.05) is 0 Å². The number of aromatic nitrogens is 1. The summed E-state index contributed by atoms with van der Waals surface area (Å²) in [4.78, 5) is 18.1. The van der Waals surface area contributed by atoms with Gasteiger partial charge >= 0.3 is 0 Å². The fourth-order valence-corrected chi connectivity index (χ4v) is 4.15. The molecule has 1 N–H and O–H groups in total. The van der Waals surface area contributed by atoms with E-state index in [9.17, 15) is 13.2 Å². The van der Waals surface area contributed by atoms with Gasteiger partial charge in [-0.15, -0.1) is 0 Å². The van der Waals surface area contributed by atoms with E-state index in [1.165, 1.54) is 11.1 Å². The Morgan fingerprint density at radius 2 is 2.20 bits per heavy atom. The Morgan fingerprint density at radius 3 is 2.75 bits per heavy atom. The SMILES string of the molecule is CNc1cc(C)ncc1C(=O)N(C)C1CCS(=O)(=O)C1. The van der Waals surface area contributed by atoms with Crippen LogP contribution in [0.1, 0.15) is 22.5 Å². The zero-order chi connectivity index (χ0) is 14.9. The minimum absolute atomic E-state index is 0.0451. The van der Waals surface area contributed by atoms with E-state index in [0.717, 1.165) is 5.69 Å². The van der Waals surface area contributed by atoms with Crippen molar-refractivity contribution < 1.29 is 13.2 Å². The number of carbonyl (C=O) groups excluding carboxylic acids is 1. The van der Waals surface area contributed by atoms with Crippen LogP contribution in [0.2, 0.25) is 0 Å². The van der Waals surface area contributed by atoms with Crippen molar-refractivity contribution in [1.82, 2.24) is 9.88 Å². The minimum Gasteiger partial charge on any atom is -0.387 e. The van der Waals surface area contributed by atoms with Crippen LogP contribution in [-0.4, -0.2) is 55.9 Å². The van der Waals surface area contributed by atoms with Gasteiger partial charge in [0.05, 0.1) is 22.8 Å². The third-order valence-corrected chi connectivity index (χ3v) is 5.37. The van der Waals surface area contributed by atoms with Crippen molar-refractivity contribution in [3.05, 3.63) is 23.5 Å². The molecule has 1 aliphatic rings. The number of nitrogens with zero attached hydrogens (tertiary/aromatic N) is 2. The summed E-state index contributed by atoms with van der Waals surface area (Å²) in [6.45, 7) is 1.85. The van der Waals surface area contributed by atoms with E-state index in [4.69, 9.17) is 0 Å². The predicted octanol–water partition coefficient (Wildman–Crippen LogP) is 0.691. The number of rotatable bonds is 3. The summed E-state index contributed by atoms with van der Waals surface area (Å²) in [6.07, 6.45) is 2.03. The van der Waals surface area contributed by atoms with Crippen molar-refractivity contribution >= 4 is 21.4 Å². The summed E-state index contributed by atoms with van der Waals surface area (Å²) < 4.78 is 23.0. The van der Waals surface area contributed by atoms with Gasteiger partial charge in [0, 0.05) is 32.0 Å². The number of amides is 1. The predicted molar refractivity (Wildman–Crippen MR) is 77.7 cm³/mol. The highest BCUT2D eigenvalue weighted by atomic mass is 32.2. The number of aryl methyl sites for hydroxylation is 1. The van der Waals surface area contributed by atoms with Crippen molar-refractivity contribution in [2.45, 2.75) is 19.4 Å². The fraction of sp³-hybridized carbons (Fsp3) is 0.538. The van der Waals surface area contributed by atoms with Crippen LogP contribution in [0.3, 0.4) is 0 Å². The van der Waals surface area contributed by atoms with Crippen molar-refractivity contribution in [1.29, 1.82) is 0 Å². The quantitative estimate of drug-likeness (QED) is 0.888. The van der Waals surface area contributed by atoms with Crippen molar-refractivity contribution in [3.8, 4) is 0 Å². The molecule has 0 bridgehead atoms. The maximum absolute atomic E-state index is 12.5. The van der Waals surface area contributed by atoms with Crippen LogP contribution in [-0.2, 0) is 9.84 Å². The van der Waals surface area contributed by atoms with Crippen molar-refractivity contribution in [2.75, 3.05) is 30.9 Å². The Bertz CT molecular complexity index is 628. The lowest BCUT2D eigenvalue weighted by Crippen LogP contribution is -2.38. The van der Waals surface area contributed by atoms with Gasteiger partial charge in [0.15, 0.2) is 9.84 Å². The molecule has 1 atom stereocenters. The highest BCUT2D eigenvalue weighted by molar-refractivity contribution is 7.91. The smallest absolute Gasteiger partial charge is 0.257 e. The van der Waals surface area contributed by atoms with E-state index >= 15 is 0 Å². The summed E-state index contributed by atoms with van der Waals surface area (Å²) in [5.74, 6) is -0.00652. The first-order valence-electron chi connectivity index (χ1n) is 6.46. The maximum atomic E-state index is 12.5.